The van der Waals surface area contributed by atoms with Crippen molar-refractivity contribution in [2.24, 2.45) is 70.5 Å². The van der Waals surface area contributed by atoms with Crippen molar-refractivity contribution in [1.82, 2.24) is 0 Å². The van der Waals surface area contributed by atoms with Gasteiger partial charge in [0, 0.05) is 0 Å². The summed E-state index contributed by atoms with van der Waals surface area (Å²) in [6, 6.07) is 16.9. The molecule has 14 rings (SSSR count). The van der Waals surface area contributed by atoms with Crippen LogP contribution in [0.15, 0.2) is 48.5 Å². The summed E-state index contributed by atoms with van der Waals surface area (Å²) in [6.45, 7) is 0. The molecule has 12 fully saturated rings. The molecule has 258 valence electrons. The number of hydrogen-bond acceptors (Lipinski definition) is 4. The number of ether oxygens (including phenoxy) is 2. The van der Waals surface area contributed by atoms with Crippen LogP contribution in [0.1, 0.15) is 126 Å². The van der Waals surface area contributed by atoms with E-state index in [0.717, 1.165) is 60.7 Å². The lowest BCUT2D eigenvalue weighted by Crippen LogP contribution is -2.55. The van der Waals surface area contributed by atoms with Crippen LogP contribution >= 0.6 is 0 Å². The van der Waals surface area contributed by atoms with Gasteiger partial charge in [0.15, 0.2) is 5.92 Å². The first kappa shape index (κ1) is 30.0. The Bertz CT molecular complexity index is 1540. The van der Waals surface area contributed by atoms with E-state index < -0.39 is 17.9 Å². The van der Waals surface area contributed by atoms with E-state index in [1.165, 1.54) is 101 Å². The van der Waals surface area contributed by atoms with Gasteiger partial charge in [-0.25, -0.2) is 0 Å². The van der Waals surface area contributed by atoms with E-state index in [-0.39, 0.29) is 5.41 Å². The van der Waals surface area contributed by atoms with Gasteiger partial charge in [-0.15, -0.1) is 0 Å². The smallest absolute Gasteiger partial charge is 0.326 e. The van der Waals surface area contributed by atoms with E-state index in [4.69, 9.17) is 9.47 Å². The Morgan fingerprint density at radius 2 is 0.878 bits per heavy atom. The Hall–Kier alpha value is -2.62. The average Bonchev–Trinajstić information content (AvgIpc) is 3.04. The minimum absolute atomic E-state index is 0.314. The molecule has 2 aromatic rings. The van der Waals surface area contributed by atoms with Gasteiger partial charge >= 0.3 is 11.9 Å². The van der Waals surface area contributed by atoms with Gasteiger partial charge in [-0.1, -0.05) is 24.3 Å². The van der Waals surface area contributed by atoms with Gasteiger partial charge in [0.25, 0.3) is 0 Å². The zero-order chi connectivity index (χ0) is 32.5. The molecule has 49 heavy (non-hydrogen) atoms. The number of hydrogen-bond donors (Lipinski definition) is 0. The SMILES string of the molecule is O=C(Oc1ccc(C2C3CC4CC(C3)CC2C4)cc1)[C@@H](C(=O)Oc1ccc(C23CC4CC(CC(C4)C2)C3)cc1)C12CC3CC(CC(C3)C1)C2. The molecule has 12 aliphatic rings. The van der Waals surface area contributed by atoms with E-state index in [9.17, 15) is 9.59 Å². The van der Waals surface area contributed by atoms with Gasteiger partial charge in [0.1, 0.15) is 11.5 Å². The predicted octanol–water partition coefficient (Wildman–Crippen LogP) is 10.0. The number of carbonyl (C=O) groups is 2. The maximum absolute atomic E-state index is 14.3. The van der Waals surface area contributed by atoms with E-state index in [1.807, 2.05) is 24.3 Å². The fraction of sp³-hybridized carbons (Fsp3) is 0.689. The quantitative estimate of drug-likeness (QED) is 0.169. The summed E-state index contributed by atoms with van der Waals surface area (Å²) in [5, 5.41) is 0. The van der Waals surface area contributed by atoms with Crippen LogP contribution in [0, 0.1) is 70.5 Å². The summed E-state index contributed by atoms with van der Waals surface area (Å²) < 4.78 is 12.4. The lowest BCUT2D eigenvalue weighted by Gasteiger charge is -2.58. The van der Waals surface area contributed by atoms with E-state index >= 15 is 0 Å². The Balaban J connectivity index is 0.837. The molecule has 0 amide bonds. The molecular weight excluding hydrogens is 604 g/mol. The summed E-state index contributed by atoms with van der Waals surface area (Å²) in [4.78, 5) is 28.7. The Morgan fingerprint density at radius 1 is 0.490 bits per heavy atom. The van der Waals surface area contributed by atoms with Crippen LogP contribution in [0.25, 0.3) is 0 Å². The van der Waals surface area contributed by atoms with Crippen molar-refractivity contribution in [2.45, 2.75) is 120 Å². The second-order valence-electron chi connectivity index (χ2n) is 19.8. The first-order chi connectivity index (χ1) is 23.8. The largest absolute Gasteiger partial charge is 0.426 e. The van der Waals surface area contributed by atoms with Crippen molar-refractivity contribution in [3.05, 3.63) is 59.7 Å². The fourth-order valence-corrected chi connectivity index (χ4v) is 16.0. The molecule has 0 unspecified atom stereocenters. The highest BCUT2D eigenvalue weighted by molar-refractivity contribution is 5.97. The van der Waals surface area contributed by atoms with Gasteiger partial charge in [-0.05, 0) is 220 Å². The monoisotopic (exact) mass is 658 g/mol. The van der Waals surface area contributed by atoms with E-state index in [2.05, 4.69) is 24.3 Å². The minimum atomic E-state index is -0.882. The predicted molar refractivity (Wildman–Crippen MR) is 188 cm³/mol. The number of esters is 2. The Labute approximate surface area is 292 Å². The number of rotatable bonds is 7. The van der Waals surface area contributed by atoms with Crippen molar-refractivity contribution in [2.75, 3.05) is 0 Å². The van der Waals surface area contributed by atoms with Crippen molar-refractivity contribution < 1.29 is 19.1 Å². The molecule has 12 bridgehead atoms. The molecule has 12 saturated carbocycles. The standard InChI is InChI=1S/C45H54O4/c46-42(48-38-5-1-34(2-6-38)40-35-16-26-9-27(18-35)19-36(40)17-26)41(45-23-31-13-32(24-45)15-33(14-31)25-45)43(47)49-39-7-3-37(4-8-39)44-20-28-10-29(21-44)12-30(11-28)22-44/h1-8,26-33,35-36,40-41H,9-25H2/t26?,27?,28?,29?,30?,31?,32?,33?,35?,36?,40?,41-,44?,45?/m0/s1. The zero-order valence-corrected chi connectivity index (χ0v) is 29.2. The molecule has 0 aromatic heterocycles. The van der Waals surface area contributed by atoms with Crippen molar-refractivity contribution >= 4 is 11.9 Å². The molecule has 0 spiro atoms. The van der Waals surface area contributed by atoms with Crippen LogP contribution in [-0.4, -0.2) is 11.9 Å². The number of benzene rings is 2. The van der Waals surface area contributed by atoms with Gasteiger partial charge in [-0.2, -0.15) is 0 Å². The van der Waals surface area contributed by atoms with Crippen LogP contribution in [-0.2, 0) is 15.0 Å². The molecular formula is C45H54O4. The average molecular weight is 659 g/mol. The summed E-state index contributed by atoms with van der Waals surface area (Å²) in [5.74, 6) is 8.20. The van der Waals surface area contributed by atoms with Crippen molar-refractivity contribution in [3.8, 4) is 11.5 Å². The normalized spacial score (nSPS) is 45.4. The van der Waals surface area contributed by atoms with Crippen LogP contribution in [0.5, 0.6) is 11.5 Å². The minimum Gasteiger partial charge on any atom is -0.426 e. The molecule has 1 atom stereocenters. The molecule has 0 aliphatic heterocycles. The van der Waals surface area contributed by atoms with Crippen LogP contribution in [0.4, 0.5) is 0 Å². The van der Waals surface area contributed by atoms with Gasteiger partial charge in [0.05, 0.1) is 0 Å². The lowest BCUT2D eigenvalue weighted by atomic mass is 9.46. The summed E-state index contributed by atoms with van der Waals surface area (Å²) >= 11 is 0. The Morgan fingerprint density at radius 3 is 1.33 bits per heavy atom. The third kappa shape index (κ3) is 4.95. The molecule has 2 aromatic carbocycles. The van der Waals surface area contributed by atoms with Crippen LogP contribution in [0.3, 0.4) is 0 Å². The van der Waals surface area contributed by atoms with Crippen LogP contribution in [0.2, 0.25) is 0 Å². The summed E-state index contributed by atoms with van der Waals surface area (Å²) in [7, 11) is 0. The van der Waals surface area contributed by atoms with Crippen molar-refractivity contribution in [1.29, 1.82) is 0 Å². The highest BCUT2D eigenvalue weighted by atomic mass is 16.6. The first-order valence-electron chi connectivity index (χ1n) is 20.5. The van der Waals surface area contributed by atoms with Crippen LogP contribution < -0.4 is 9.47 Å². The highest BCUT2D eigenvalue weighted by Gasteiger charge is 2.59. The second kappa shape index (κ2) is 10.9. The Kier molecular flexibility index (Phi) is 6.71. The lowest BCUT2D eigenvalue weighted by molar-refractivity contribution is -0.169. The van der Waals surface area contributed by atoms with E-state index in [0.29, 0.717) is 40.6 Å². The highest BCUT2D eigenvalue weighted by Crippen LogP contribution is 2.64. The molecule has 0 saturated heterocycles. The molecule has 0 heterocycles. The fourth-order valence-electron chi connectivity index (χ4n) is 16.0. The van der Waals surface area contributed by atoms with Gasteiger partial charge < -0.3 is 9.47 Å². The maximum atomic E-state index is 14.3. The van der Waals surface area contributed by atoms with Gasteiger partial charge in [0.2, 0.25) is 0 Å². The van der Waals surface area contributed by atoms with Gasteiger partial charge in [-0.3, -0.25) is 9.59 Å². The molecule has 4 heteroatoms. The maximum Gasteiger partial charge on any atom is 0.326 e. The first-order valence-corrected chi connectivity index (χ1v) is 20.5. The zero-order valence-electron chi connectivity index (χ0n) is 29.2. The molecule has 0 N–H and O–H groups in total. The topological polar surface area (TPSA) is 52.6 Å². The second-order valence-corrected chi connectivity index (χ2v) is 19.8. The molecule has 12 aliphatic carbocycles. The molecule has 4 nitrogen and oxygen atoms in total. The number of carbonyl (C=O) groups excluding carboxylic acids is 2. The van der Waals surface area contributed by atoms with E-state index in [1.54, 1.807) is 0 Å². The third-order valence-corrected chi connectivity index (χ3v) is 16.6. The third-order valence-electron chi connectivity index (χ3n) is 16.6. The molecule has 0 radical (unpaired) electrons. The van der Waals surface area contributed by atoms with Crippen molar-refractivity contribution in [3.63, 3.8) is 0 Å². The summed E-state index contributed by atoms with van der Waals surface area (Å²) in [5.41, 5.74) is 2.82. The summed E-state index contributed by atoms with van der Waals surface area (Å²) in [6.07, 6.45) is 21.9.